The number of esters is 1. The highest BCUT2D eigenvalue weighted by atomic mass is 16.5. The first kappa shape index (κ1) is 6.59. The molecule has 1 rings (SSSR count). The fourth-order valence-corrected chi connectivity index (χ4v) is 1.17. The zero-order chi connectivity index (χ0) is 6.85. The molecule has 9 heavy (non-hydrogen) atoms. The van der Waals surface area contributed by atoms with Gasteiger partial charge in [-0.15, -0.1) is 0 Å². The van der Waals surface area contributed by atoms with Crippen molar-refractivity contribution in [1.82, 2.24) is 0 Å². The molecule has 1 fully saturated rings. The van der Waals surface area contributed by atoms with Gasteiger partial charge in [0.1, 0.15) is 0 Å². The predicted octanol–water partition coefficient (Wildman–Crippen LogP) is 1.21. The summed E-state index contributed by atoms with van der Waals surface area (Å²) in [6, 6.07) is 0. The van der Waals surface area contributed by atoms with Crippen molar-refractivity contribution in [2.75, 3.05) is 7.11 Å². The van der Waals surface area contributed by atoms with Crippen molar-refractivity contribution < 1.29 is 9.53 Å². The molecule has 0 bridgehead atoms. The summed E-state index contributed by atoms with van der Waals surface area (Å²) in [5, 5.41) is 0. The molecule has 0 heterocycles. The minimum Gasteiger partial charge on any atom is -0.469 e. The van der Waals surface area contributed by atoms with E-state index in [4.69, 9.17) is 0 Å². The van der Waals surface area contributed by atoms with Crippen molar-refractivity contribution in [3.63, 3.8) is 0 Å². The molecule has 1 saturated carbocycles. The Hall–Kier alpha value is -0.530. The quantitative estimate of drug-likeness (QED) is 0.496. The van der Waals surface area contributed by atoms with E-state index in [9.17, 15) is 4.79 Å². The molecule has 0 aliphatic heterocycles. The van der Waals surface area contributed by atoms with Crippen LogP contribution in [0.25, 0.3) is 0 Å². The summed E-state index contributed by atoms with van der Waals surface area (Å²) >= 11 is 0. The summed E-state index contributed by atoms with van der Waals surface area (Å²) in [7, 11) is 1.45. The minimum absolute atomic E-state index is 0.0336. The van der Waals surface area contributed by atoms with Crippen molar-refractivity contribution >= 4 is 5.97 Å². The monoisotopic (exact) mass is 128 g/mol. The van der Waals surface area contributed by atoms with Crippen LogP contribution in [0.5, 0.6) is 0 Å². The van der Waals surface area contributed by atoms with Crippen molar-refractivity contribution in [2.45, 2.75) is 19.8 Å². The summed E-state index contributed by atoms with van der Waals surface area (Å²) in [6.07, 6.45) is 2.20. The number of rotatable bonds is 1. The SMILES string of the molecule is COC(=O)[C@H]1CC[C@@H]1C. The number of hydrogen-bond acceptors (Lipinski definition) is 2. The highest BCUT2D eigenvalue weighted by Crippen LogP contribution is 2.34. The second-order valence-corrected chi connectivity index (χ2v) is 2.68. The molecule has 2 atom stereocenters. The van der Waals surface area contributed by atoms with E-state index in [1.807, 2.05) is 0 Å². The molecule has 0 aromatic heterocycles. The molecule has 0 N–H and O–H groups in total. The van der Waals surface area contributed by atoms with Gasteiger partial charge in [0, 0.05) is 0 Å². The maximum absolute atomic E-state index is 10.8. The molecule has 0 unspecified atom stereocenters. The van der Waals surface area contributed by atoms with Crippen LogP contribution in [0.4, 0.5) is 0 Å². The number of hydrogen-bond donors (Lipinski definition) is 0. The second-order valence-electron chi connectivity index (χ2n) is 2.68. The van der Waals surface area contributed by atoms with Gasteiger partial charge in [0.25, 0.3) is 0 Å². The van der Waals surface area contributed by atoms with Crippen LogP contribution in [-0.4, -0.2) is 13.1 Å². The lowest BCUT2D eigenvalue weighted by Gasteiger charge is -2.30. The van der Waals surface area contributed by atoms with Gasteiger partial charge in [-0.1, -0.05) is 6.92 Å². The smallest absolute Gasteiger partial charge is 0.308 e. The fraction of sp³-hybridized carbons (Fsp3) is 0.857. The zero-order valence-electron chi connectivity index (χ0n) is 5.89. The molecular weight excluding hydrogens is 116 g/mol. The molecule has 0 aromatic carbocycles. The van der Waals surface area contributed by atoms with Crippen molar-refractivity contribution in [1.29, 1.82) is 0 Å². The lowest BCUT2D eigenvalue weighted by atomic mass is 9.75. The summed E-state index contributed by atoms with van der Waals surface area (Å²) in [6.45, 7) is 2.09. The Bertz CT molecular complexity index is 120. The number of ether oxygens (including phenoxy) is 1. The first-order chi connectivity index (χ1) is 4.25. The number of methoxy groups -OCH3 is 1. The van der Waals surface area contributed by atoms with E-state index in [2.05, 4.69) is 11.7 Å². The van der Waals surface area contributed by atoms with Gasteiger partial charge in [-0.3, -0.25) is 4.79 Å². The van der Waals surface area contributed by atoms with Gasteiger partial charge < -0.3 is 4.74 Å². The molecule has 52 valence electrons. The molecule has 0 radical (unpaired) electrons. The number of carbonyl (C=O) groups excluding carboxylic acids is 1. The average molecular weight is 128 g/mol. The second kappa shape index (κ2) is 2.38. The van der Waals surface area contributed by atoms with Gasteiger partial charge in [-0.05, 0) is 18.8 Å². The lowest BCUT2D eigenvalue weighted by Crippen LogP contribution is -2.31. The summed E-state index contributed by atoms with van der Waals surface area (Å²) in [5.74, 6) is 0.723. The molecule has 0 spiro atoms. The Morgan fingerprint density at radius 1 is 1.56 bits per heavy atom. The highest BCUT2D eigenvalue weighted by molar-refractivity contribution is 5.73. The van der Waals surface area contributed by atoms with Crippen molar-refractivity contribution in [3.8, 4) is 0 Å². The van der Waals surface area contributed by atoms with Gasteiger partial charge in [-0.25, -0.2) is 0 Å². The van der Waals surface area contributed by atoms with Gasteiger partial charge >= 0.3 is 5.97 Å². The Kier molecular flexibility index (Phi) is 1.74. The van der Waals surface area contributed by atoms with E-state index in [-0.39, 0.29) is 11.9 Å². The van der Waals surface area contributed by atoms with Gasteiger partial charge in [-0.2, -0.15) is 0 Å². The van der Waals surface area contributed by atoms with Gasteiger partial charge in [0.2, 0.25) is 0 Å². The zero-order valence-corrected chi connectivity index (χ0v) is 5.89. The molecule has 0 amide bonds. The van der Waals surface area contributed by atoms with Gasteiger partial charge in [0.15, 0.2) is 0 Å². The molecule has 0 aromatic rings. The maximum atomic E-state index is 10.8. The summed E-state index contributed by atoms with van der Waals surface area (Å²) in [4.78, 5) is 10.8. The third-order valence-electron chi connectivity index (χ3n) is 2.12. The third kappa shape index (κ3) is 1.07. The van der Waals surface area contributed by atoms with E-state index in [1.54, 1.807) is 0 Å². The largest absolute Gasteiger partial charge is 0.469 e. The Labute approximate surface area is 55.2 Å². The first-order valence-corrected chi connectivity index (χ1v) is 3.33. The van der Waals surface area contributed by atoms with Crippen LogP contribution in [0.1, 0.15) is 19.8 Å². The van der Waals surface area contributed by atoms with Crippen LogP contribution in [0.3, 0.4) is 0 Å². The third-order valence-corrected chi connectivity index (χ3v) is 2.12. The van der Waals surface area contributed by atoms with Crippen LogP contribution < -0.4 is 0 Å². The molecule has 0 saturated heterocycles. The Balaban J connectivity index is 2.35. The maximum Gasteiger partial charge on any atom is 0.308 e. The van der Waals surface area contributed by atoms with E-state index in [0.29, 0.717) is 5.92 Å². The van der Waals surface area contributed by atoms with E-state index >= 15 is 0 Å². The molecular formula is C7H12O2. The van der Waals surface area contributed by atoms with Crippen LogP contribution in [-0.2, 0) is 9.53 Å². The minimum atomic E-state index is -0.0336. The van der Waals surface area contributed by atoms with Gasteiger partial charge in [0.05, 0.1) is 13.0 Å². The standard InChI is InChI=1S/C7H12O2/c1-5-3-4-6(5)7(8)9-2/h5-6H,3-4H2,1-2H3/t5-,6-/m0/s1. The molecule has 1 aliphatic rings. The highest BCUT2D eigenvalue weighted by Gasteiger charge is 2.33. The summed E-state index contributed by atoms with van der Waals surface area (Å²) < 4.78 is 4.59. The van der Waals surface area contributed by atoms with Crippen LogP contribution in [0.2, 0.25) is 0 Å². The average Bonchev–Trinajstić information content (AvgIpc) is 1.84. The van der Waals surface area contributed by atoms with Crippen LogP contribution >= 0.6 is 0 Å². The summed E-state index contributed by atoms with van der Waals surface area (Å²) in [5.41, 5.74) is 0. The molecule has 2 nitrogen and oxygen atoms in total. The molecule has 2 heteroatoms. The first-order valence-electron chi connectivity index (χ1n) is 3.33. The lowest BCUT2D eigenvalue weighted by molar-refractivity contribution is -0.151. The van der Waals surface area contributed by atoms with E-state index in [0.717, 1.165) is 6.42 Å². The van der Waals surface area contributed by atoms with Crippen molar-refractivity contribution in [2.24, 2.45) is 11.8 Å². The fourth-order valence-electron chi connectivity index (χ4n) is 1.17. The topological polar surface area (TPSA) is 26.3 Å². The molecule has 1 aliphatic carbocycles. The Morgan fingerprint density at radius 2 is 2.22 bits per heavy atom. The number of carbonyl (C=O) groups is 1. The van der Waals surface area contributed by atoms with E-state index in [1.165, 1.54) is 13.5 Å². The van der Waals surface area contributed by atoms with Crippen LogP contribution in [0, 0.1) is 11.8 Å². The van der Waals surface area contributed by atoms with E-state index < -0.39 is 0 Å². The van der Waals surface area contributed by atoms with Crippen molar-refractivity contribution in [3.05, 3.63) is 0 Å². The van der Waals surface area contributed by atoms with Crippen LogP contribution in [0.15, 0.2) is 0 Å². The normalized spacial score (nSPS) is 33.1. The Morgan fingerprint density at radius 3 is 2.33 bits per heavy atom. The predicted molar refractivity (Wildman–Crippen MR) is 33.9 cm³/mol.